The van der Waals surface area contributed by atoms with Gasteiger partial charge in [-0.1, -0.05) is 180 Å². The molecule has 1 aliphatic rings. The monoisotopic (exact) mass is 1330 g/mol. The average molecular weight is 1330 g/mol. The molecular weight excluding hydrogens is 1250 g/mol. The zero-order valence-electron chi connectivity index (χ0n) is 41.9. The van der Waals surface area contributed by atoms with Gasteiger partial charge in [0, 0.05) is 60.5 Å². The van der Waals surface area contributed by atoms with Gasteiger partial charge in [0.15, 0.2) is 0 Å². The Kier molecular flexibility index (Phi) is 37.2. The molecule has 0 aliphatic carbocycles. The Balaban J connectivity index is 0.000000280. The van der Waals surface area contributed by atoms with Crippen molar-refractivity contribution in [3.63, 3.8) is 0 Å². The summed E-state index contributed by atoms with van der Waals surface area (Å²) in [5.74, 6) is 0. The number of aryl methyl sites for hydroxylation is 2. The SMILES string of the molecule is C1CCOC1.CCCCCC.CCCCCC.CCCCCCc1ccc(-c2ccc([Si](c3cccs3)(c3cccs3)c3cccs3)s2)s1.CCCCCCc1ccc(-c2cccs2)s1.[I][V][I]. The molecule has 7 aromatic rings. The zero-order chi connectivity index (χ0) is 48.9. The van der Waals surface area contributed by atoms with Crippen LogP contribution in [0.4, 0.5) is 0 Å². The van der Waals surface area contributed by atoms with Gasteiger partial charge in [-0.05, 0) is 96.4 Å². The Hall–Kier alpha value is 0.121. The number of thiophene rings is 7. The van der Waals surface area contributed by atoms with E-state index in [0.29, 0.717) is 9.47 Å². The van der Waals surface area contributed by atoms with Crippen LogP contribution in [0.2, 0.25) is 0 Å². The molecule has 0 amide bonds. The molecule has 0 unspecified atom stereocenters. The number of ether oxygens (including phenoxy) is 1. The van der Waals surface area contributed by atoms with Gasteiger partial charge in [0.2, 0.25) is 8.07 Å². The van der Waals surface area contributed by atoms with Gasteiger partial charge >= 0.3 is 49.4 Å². The first-order valence-corrected chi connectivity index (χ1v) is 42.4. The van der Waals surface area contributed by atoms with E-state index in [1.165, 1.54) is 153 Å². The van der Waals surface area contributed by atoms with Crippen LogP contribution in [-0.4, -0.2) is 21.3 Å². The van der Waals surface area contributed by atoms with Crippen LogP contribution < -0.4 is 18.0 Å². The summed E-state index contributed by atoms with van der Waals surface area (Å²) in [6, 6.07) is 32.2. The molecule has 0 atom stereocenters. The molecule has 0 radical (unpaired) electrons. The van der Waals surface area contributed by atoms with Crippen LogP contribution in [-0.2, 0) is 27.0 Å². The molecule has 7 aromatic heterocycles. The van der Waals surface area contributed by atoms with Crippen LogP contribution in [0.5, 0.6) is 0 Å². The zero-order valence-corrected chi connectivity index (χ0v) is 54.3. The molecule has 1 aliphatic heterocycles. The summed E-state index contributed by atoms with van der Waals surface area (Å²) in [5, 5.41) is 8.89. The van der Waals surface area contributed by atoms with Crippen LogP contribution in [0.15, 0.2) is 106 Å². The second-order valence-corrected chi connectivity index (χ2v) is 40.9. The molecule has 1 nitrogen and oxygen atoms in total. The molecule has 0 aromatic carbocycles. The molecule has 1 saturated heterocycles. The van der Waals surface area contributed by atoms with E-state index in [4.69, 9.17) is 4.74 Å². The second-order valence-electron chi connectivity index (χ2n) is 16.8. The number of unbranched alkanes of at least 4 members (excludes halogenated alkanes) is 12. The van der Waals surface area contributed by atoms with E-state index in [0.717, 1.165) is 13.2 Å². The minimum atomic E-state index is -2.20. The summed E-state index contributed by atoms with van der Waals surface area (Å²) in [7, 11) is -1.57. The van der Waals surface area contributed by atoms with Crippen molar-refractivity contribution in [1.82, 2.24) is 0 Å². The average Bonchev–Trinajstić information content (AvgIpc) is 4.20. The summed E-state index contributed by atoms with van der Waals surface area (Å²) in [6.07, 6.45) is 26.9. The fourth-order valence-corrected chi connectivity index (χ4v) is 24.3. The standard InChI is InChI=1S/C26H26S5Si.C14H18S2.2C6H14.C4H8O.2HI.V/c1-2-3-4-5-9-20-13-14-21(30-20)22-15-16-26(31-22)32(23-10-6-17-27-23,24-11-7-18-28-24)25-12-8-19-29-25;1-2-3-4-5-7-12-9-10-14(16-12)13-8-6-11-15-13;2*1-3-5-6-4-2;1-2-4-5-3-1;;;/h6-8,10-19H,2-5,9H2,1H3;6,8-11H,2-5,7H2,1H3;2*3-6H2,1-2H3;1-4H2;2*1H;/q;;;;;;;+2/p-2. The number of hydrogen-bond donors (Lipinski definition) is 0. The van der Waals surface area contributed by atoms with Crippen LogP contribution >= 0.6 is 119 Å². The summed E-state index contributed by atoms with van der Waals surface area (Å²) >= 11 is 18.3. The van der Waals surface area contributed by atoms with Gasteiger partial charge in [-0.2, -0.15) is 34.0 Å². The summed E-state index contributed by atoms with van der Waals surface area (Å²) in [4.78, 5) is 8.76. The van der Waals surface area contributed by atoms with Crippen molar-refractivity contribution in [2.45, 2.75) is 170 Å². The third-order valence-electron chi connectivity index (χ3n) is 11.3. The number of halogens is 2. The van der Waals surface area contributed by atoms with Crippen LogP contribution in [0.3, 0.4) is 0 Å². The molecule has 0 spiro atoms. The summed E-state index contributed by atoms with van der Waals surface area (Å²) in [6.45, 7) is 15.5. The van der Waals surface area contributed by atoms with Crippen LogP contribution in [0.25, 0.3) is 19.5 Å². The van der Waals surface area contributed by atoms with Gasteiger partial charge < -0.3 is 4.74 Å². The van der Waals surface area contributed by atoms with E-state index < -0.39 is 8.07 Å². The first kappa shape index (κ1) is 62.4. The van der Waals surface area contributed by atoms with Crippen molar-refractivity contribution in [1.29, 1.82) is 0 Å². The molecule has 68 heavy (non-hydrogen) atoms. The third-order valence-corrected chi connectivity index (χ3v) is 26.4. The van der Waals surface area contributed by atoms with Gasteiger partial charge in [-0.3, -0.25) is 0 Å². The predicted octanol–water partition coefficient (Wildman–Crippen LogP) is 20.5. The van der Waals surface area contributed by atoms with E-state index >= 15 is 0 Å². The Morgan fingerprint density at radius 2 is 0.779 bits per heavy atom. The fourth-order valence-electron chi connectivity index (χ4n) is 7.55. The Morgan fingerprint density at radius 1 is 0.412 bits per heavy atom. The van der Waals surface area contributed by atoms with Gasteiger partial charge in [-0.15, -0.1) is 45.3 Å². The van der Waals surface area contributed by atoms with Gasteiger partial charge in [-0.25, -0.2) is 0 Å². The van der Waals surface area contributed by atoms with Gasteiger partial charge in [0.05, 0.1) is 0 Å². The van der Waals surface area contributed by atoms with Crippen LogP contribution in [0.1, 0.15) is 167 Å². The quantitative estimate of drug-likeness (QED) is 0.0373. The van der Waals surface area contributed by atoms with E-state index in [1.807, 2.05) is 79.4 Å². The van der Waals surface area contributed by atoms with Crippen molar-refractivity contribution in [2.75, 3.05) is 13.2 Å². The molecule has 1 fully saturated rings. The van der Waals surface area contributed by atoms with Crippen molar-refractivity contribution < 1.29 is 14.2 Å². The van der Waals surface area contributed by atoms with E-state index in [2.05, 4.69) is 188 Å². The first-order valence-electron chi connectivity index (χ1n) is 25.4. The minimum absolute atomic E-state index is 0.628. The normalized spacial score (nSPS) is 11.7. The van der Waals surface area contributed by atoms with E-state index in [1.54, 1.807) is 22.9 Å². The molecular formula is C56H80I2OS7SiV. The molecule has 8 heterocycles. The van der Waals surface area contributed by atoms with E-state index in [-0.39, 0.29) is 0 Å². The van der Waals surface area contributed by atoms with E-state index in [9.17, 15) is 0 Å². The summed E-state index contributed by atoms with van der Waals surface area (Å²) < 4.78 is 11.1. The predicted molar refractivity (Wildman–Crippen MR) is 336 cm³/mol. The molecule has 8 rings (SSSR count). The second kappa shape index (κ2) is 40.5. The number of rotatable bonds is 22. The summed E-state index contributed by atoms with van der Waals surface area (Å²) in [5.41, 5.74) is 0. The molecule has 12 heteroatoms. The maximum atomic E-state index is 4.94. The van der Waals surface area contributed by atoms with Crippen molar-refractivity contribution in [3.05, 3.63) is 116 Å². The number of hydrogen-bond acceptors (Lipinski definition) is 8. The molecule has 0 N–H and O–H groups in total. The molecule has 375 valence electrons. The molecule has 0 bridgehead atoms. The van der Waals surface area contributed by atoms with Crippen molar-refractivity contribution >= 4 is 145 Å². The Bertz CT molecular complexity index is 2010. The third kappa shape index (κ3) is 23.1. The Labute approximate surface area is 472 Å². The van der Waals surface area contributed by atoms with Gasteiger partial charge in [0.1, 0.15) is 0 Å². The van der Waals surface area contributed by atoms with Crippen molar-refractivity contribution in [3.8, 4) is 19.5 Å². The fraction of sp³-hybridized carbons (Fsp3) is 0.500. The molecule has 0 saturated carbocycles. The van der Waals surface area contributed by atoms with Crippen LogP contribution in [0, 0.1) is 0 Å². The van der Waals surface area contributed by atoms with Gasteiger partial charge in [0.25, 0.3) is 0 Å². The maximum absolute atomic E-state index is 4.94. The topological polar surface area (TPSA) is 9.23 Å². The Morgan fingerprint density at radius 3 is 1.13 bits per heavy atom. The van der Waals surface area contributed by atoms with Crippen molar-refractivity contribution in [2.24, 2.45) is 0 Å². The first-order chi connectivity index (χ1) is 33.5.